The van der Waals surface area contributed by atoms with Crippen molar-refractivity contribution in [1.82, 2.24) is 19.9 Å². The molecule has 0 fully saturated rings. The molecule has 5 heterocycles. The highest BCUT2D eigenvalue weighted by Gasteiger charge is 2.50. The molecule has 0 amide bonds. The van der Waals surface area contributed by atoms with Gasteiger partial charge in [-0.05, 0) is 99.1 Å². The van der Waals surface area contributed by atoms with E-state index in [-0.39, 0.29) is 17.5 Å². The highest BCUT2D eigenvalue weighted by Crippen LogP contribution is 2.58. The molecule has 2 aliphatic heterocycles. The number of hydrogen-bond donors (Lipinski definition) is 2. The molecule has 10 bridgehead atoms. The number of carbonyl (C=O) groups is 2. The van der Waals surface area contributed by atoms with Crippen molar-refractivity contribution in [3.05, 3.63) is 249 Å². The predicted molar refractivity (Wildman–Crippen MR) is 273 cm³/mol. The van der Waals surface area contributed by atoms with Crippen molar-refractivity contribution in [3.8, 4) is 44.5 Å². The van der Waals surface area contributed by atoms with Gasteiger partial charge in [0.1, 0.15) is 0 Å². The van der Waals surface area contributed by atoms with Gasteiger partial charge in [0.05, 0.1) is 22.8 Å². The second kappa shape index (κ2) is 14.8. The van der Waals surface area contributed by atoms with Crippen LogP contribution in [0.5, 0.6) is 0 Å². The third-order valence-electron chi connectivity index (χ3n) is 14.3. The number of ketones is 2. The van der Waals surface area contributed by atoms with Gasteiger partial charge in [-0.25, -0.2) is 9.97 Å². The standard InChI is InChI=1S/C62H38N4O2/c67-61-42-22-12-13-23-43(42)62(68)60-58-40-21-11-10-20-39(40)57(59(60)61)41-25-24-38(34-44(41)58)56-51-32-30-49(65-51)54(36-16-6-2-7-17-36)47-28-26-45(63-47)53(35-14-4-1-5-15-35)46-27-29-48(64-46)55(37-18-8-3-9-19-37)50-31-33-52(56)66-50/h1-34,57-58,63,66H. The molecule has 6 aliphatic rings. The summed E-state index contributed by atoms with van der Waals surface area (Å²) < 4.78 is 0. The zero-order chi connectivity index (χ0) is 45.0. The number of hydrogen-bond acceptors (Lipinski definition) is 4. The Bertz CT molecular complexity index is 3910. The Balaban J connectivity index is 1.07. The summed E-state index contributed by atoms with van der Waals surface area (Å²) in [5.74, 6) is -0.892. The summed E-state index contributed by atoms with van der Waals surface area (Å²) in [6.07, 6.45) is 8.47. The summed E-state index contributed by atoms with van der Waals surface area (Å²) in [7, 11) is 0. The van der Waals surface area contributed by atoms with Crippen LogP contribution in [0.3, 0.4) is 0 Å². The van der Waals surface area contributed by atoms with Crippen LogP contribution >= 0.6 is 0 Å². The summed E-state index contributed by atoms with van der Waals surface area (Å²) >= 11 is 0. The van der Waals surface area contributed by atoms with E-state index in [2.05, 4.69) is 162 Å². The van der Waals surface area contributed by atoms with Gasteiger partial charge in [0.25, 0.3) is 0 Å². The first kappa shape index (κ1) is 38.3. The van der Waals surface area contributed by atoms with E-state index in [1.54, 1.807) is 12.1 Å². The van der Waals surface area contributed by atoms with Crippen LogP contribution in [0.4, 0.5) is 0 Å². The summed E-state index contributed by atoms with van der Waals surface area (Å²) in [6.45, 7) is 0. The highest BCUT2D eigenvalue weighted by atomic mass is 16.1. The number of carbonyl (C=O) groups excluding carboxylic acids is 2. The monoisotopic (exact) mass is 870 g/mol. The number of aromatic amines is 2. The maximum absolute atomic E-state index is 14.7. The third-order valence-corrected chi connectivity index (χ3v) is 14.3. The lowest BCUT2D eigenvalue weighted by Crippen LogP contribution is -2.37. The average molecular weight is 871 g/mol. The van der Waals surface area contributed by atoms with Crippen molar-refractivity contribution in [2.45, 2.75) is 11.8 Å². The van der Waals surface area contributed by atoms with Crippen molar-refractivity contribution in [2.75, 3.05) is 0 Å². The van der Waals surface area contributed by atoms with Crippen molar-refractivity contribution in [1.29, 1.82) is 0 Å². The van der Waals surface area contributed by atoms with E-state index in [1.165, 1.54) is 0 Å². The van der Waals surface area contributed by atoms with Crippen molar-refractivity contribution in [3.63, 3.8) is 0 Å². The summed E-state index contributed by atoms with van der Waals surface area (Å²) in [5, 5.41) is 0. The molecule has 0 radical (unpaired) electrons. The molecule has 9 aromatic rings. The normalized spacial score (nSPS) is 16.1. The number of benzene rings is 6. The second-order valence-corrected chi connectivity index (χ2v) is 18.0. The molecule has 3 aromatic heterocycles. The number of rotatable bonds is 4. The Morgan fingerprint density at radius 3 is 1.07 bits per heavy atom. The van der Waals surface area contributed by atoms with Gasteiger partial charge in [0, 0.05) is 78.4 Å². The zero-order valence-electron chi connectivity index (χ0n) is 36.5. The van der Waals surface area contributed by atoms with Gasteiger partial charge in [0.2, 0.25) is 0 Å². The van der Waals surface area contributed by atoms with Crippen LogP contribution in [0.25, 0.3) is 90.9 Å². The van der Waals surface area contributed by atoms with Crippen molar-refractivity contribution >= 4 is 57.9 Å². The largest absolute Gasteiger partial charge is 0.354 e. The number of aromatic nitrogens is 4. The predicted octanol–water partition coefficient (Wildman–Crippen LogP) is 14.3. The molecule has 0 saturated carbocycles. The first-order chi connectivity index (χ1) is 33.6. The first-order valence-electron chi connectivity index (χ1n) is 23.1. The Kier molecular flexibility index (Phi) is 8.31. The SMILES string of the molecule is O=C1C2=C(C(=O)c3ccccc31)C1c3ccccc3C2c2ccc(-c3c4nc(c(-c5ccccc5)c5ccc([nH]5)c(-c5ccccc5)c5nc(c(-c6ccccc6)c6ccc3[nH]6)C=C5)C=C4)cc21. The minimum absolute atomic E-state index is 0.0560. The van der Waals surface area contributed by atoms with E-state index < -0.39 is 5.92 Å². The Labute approximate surface area is 391 Å². The molecule has 318 valence electrons. The molecule has 2 unspecified atom stereocenters. The number of nitrogens with zero attached hydrogens (tertiary/aromatic N) is 2. The topological polar surface area (TPSA) is 91.5 Å². The van der Waals surface area contributed by atoms with E-state index in [1.807, 2.05) is 42.5 Å². The van der Waals surface area contributed by atoms with E-state index in [9.17, 15) is 9.59 Å². The minimum Gasteiger partial charge on any atom is -0.354 e. The van der Waals surface area contributed by atoms with Crippen LogP contribution in [-0.4, -0.2) is 31.5 Å². The third kappa shape index (κ3) is 5.64. The molecule has 2 N–H and O–H groups in total. The molecule has 4 aliphatic carbocycles. The lowest BCUT2D eigenvalue weighted by Gasteiger charge is -2.44. The molecule has 15 rings (SSSR count). The van der Waals surface area contributed by atoms with Crippen molar-refractivity contribution < 1.29 is 9.59 Å². The molecule has 6 heteroatoms. The summed E-state index contributed by atoms with van der Waals surface area (Å²) in [6, 6.07) is 62.1. The second-order valence-electron chi connectivity index (χ2n) is 18.0. The van der Waals surface area contributed by atoms with E-state index in [0.29, 0.717) is 22.3 Å². The molecule has 0 saturated heterocycles. The van der Waals surface area contributed by atoms with Gasteiger partial charge in [0.15, 0.2) is 11.6 Å². The van der Waals surface area contributed by atoms with E-state index >= 15 is 0 Å². The van der Waals surface area contributed by atoms with Crippen LogP contribution < -0.4 is 0 Å². The van der Waals surface area contributed by atoms with Crippen LogP contribution in [0, 0.1) is 0 Å². The van der Waals surface area contributed by atoms with Crippen LogP contribution in [-0.2, 0) is 0 Å². The minimum atomic E-state index is -0.409. The number of nitrogens with one attached hydrogen (secondary N) is 2. The molecule has 2 atom stereocenters. The first-order valence-corrected chi connectivity index (χ1v) is 23.1. The fourth-order valence-corrected chi connectivity index (χ4v) is 11.5. The quantitative estimate of drug-likeness (QED) is 0.184. The fourth-order valence-electron chi connectivity index (χ4n) is 11.5. The van der Waals surface area contributed by atoms with Crippen LogP contribution in [0.2, 0.25) is 0 Å². The maximum Gasteiger partial charge on any atom is 0.191 e. The van der Waals surface area contributed by atoms with Gasteiger partial charge in [-0.15, -0.1) is 0 Å². The van der Waals surface area contributed by atoms with Crippen LogP contribution in [0.1, 0.15) is 77.6 Å². The number of H-pyrrole nitrogens is 2. The fraction of sp³-hybridized carbons (Fsp3) is 0.0323. The lowest BCUT2D eigenvalue weighted by molar-refractivity contribution is 0.0963. The Hall–Kier alpha value is -9.00. The zero-order valence-corrected chi connectivity index (χ0v) is 36.5. The number of Topliss-reactive ketones (excluding diaryl/α,β-unsaturated/α-hetero) is 2. The number of allylic oxidation sites excluding steroid dienone is 2. The summed E-state index contributed by atoms with van der Waals surface area (Å²) in [5.41, 5.74) is 21.4. The Morgan fingerprint density at radius 2 is 0.662 bits per heavy atom. The lowest BCUT2D eigenvalue weighted by atomic mass is 9.57. The van der Waals surface area contributed by atoms with Crippen molar-refractivity contribution in [2.24, 2.45) is 0 Å². The van der Waals surface area contributed by atoms with Gasteiger partial charge in [-0.2, -0.15) is 0 Å². The smallest absolute Gasteiger partial charge is 0.191 e. The van der Waals surface area contributed by atoms with Gasteiger partial charge in [-0.1, -0.05) is 152 Å². The Morgan fingerprint density at radius 1 is 0.324 bits per heavy atom. The van der Waals surface area contributed by atoms with Gasteiger partial charge >= 0.3 is 0 Å². The average Bonchev–Trinajstić information content (AvgIpc) is 4.25. The summed E-state index contributed by atoms with van der Waals surface area (Å²) in [4.78, 5) is 47.9. The molecular formula is C62H38N4O2. The molecular weight excluding hydrogens is 833 g/mol. The molecule has 0 spiro atoms. The molecule has 6 nitrogen and oxygen atoms in total. The van der Waals surface area contributed by atoms with E-state index in [0.717, 1.165) is 112 Å². The molecule has 68 heavy (non-hydrogen) atoms. The number of fused-ring (bicyclic) bond motifs is 9. The van der Waals surface area contributed by atoms with Gasteiger partial charge < -0.3 is 9.97 Å². The maximum atomic E-state index is 14.7. The van der Waals surface area contributed by atoms with E-state index in [4.69, 9.17) is 9.97 Å². The van der Waals surface area contributed by atoms with Crippen LogP contribution in [0.15, 0.2) is 193 Å². The van der Waals surface area contributed by atoms with Gasteiger partial charge in [-0.3, -0.25) is 9.59 Å². The highest BCUT2D eigenvalue weighted by molar-refractivity contribution is 6.29. The molecule has 6 aromatic carbocycles.